The minimum Gasteiger partial charge on any atom is -0.491 e. The fourth-order valence-electron chi connectivity index (χ4n) is 8.36. The molecule has 430 valence electrons. The summed E-state index contributed by atoms with van der Waals surface area (Å²) in [6.07, 6.45) is -10.2. The van der Waals surface area contributed by atoms with E-state index in [2.05, 4.69) is 59.9 Å². The Labute approximate surface area is 440 Å². The van der Waals surface area contributed by atoms with Crippen molar-refractivity contribution >= 4 is 42.7 Å². The van der Waals surface area contributed by atoms with E-state index in [1.807, 2.05) is 0 Å². The van der Waals surface area contributed by atoms with E-state index < -0.39 is 150 Å². The van der Waals surface area contributed by atoms with E-state index in [1.165, 1.54) is 14.0 Å². The Morgan fingerprint density at radius 1 is 0.784 bits per heavy atom. The van der Waals surface area contributed by atoms with Crippen molar-refractivity contribution in [2.24, 2.45) is 5.92 Å². The van der Waals surface area contributed by atoms with Gasteiger partial charge in [-0.15, -0.1) is 0 Å². The molecule has 3 rings (SSSR count). The van der Waals surface area contributed by atoms with Gasteiger partial charge in [0.05, 0.1) is 43.1 Å². The van der Waals surface area contributed by atoms with Crippen molar-refractivity contribution in [1.29, 1.82) is 0 Å². The number of hydrogen-bond acceptors (Lipinski definition) is 18. The number of aliphatic hydroxyl groups is 3. The number of hydrogen-bond donors (Lipinski definition) is 8. The van der Waals surface area contributed by atoms with Crippen LogP contribution in [0.1, 0.15) is 124 Å². The van der Waals surface area contributed by atoms with Crippen LogP contribution in [-0.2, 0) is 47.6 Å². The first-order chi connectivity index (χ1) is 33.4. The second-order valence-corrected chi connectivity index (χ2v) is 31.9. The fourth-order valence-corrected chi connectivity index (χ4v) is 10.6. The predicted molar refractivity (Wildman–Crippen MR) is 278 cm³/mol. The first-order valence-electron chi connectivity index (χ1n) is 25.4. The molecule has 1 aliphatic carbocycles. The number of aliphatic hydroxyl groups excluding tert-OH is 2. The molecule has 1 saturated heterocycles. The molecule has 1 unspecified atom stereocenters. The van der Waals surface area contributed by atoms with E-state index in [1.54, 1.807) is 89.2 Å². The summed E-state index contributed by atoms with van der Waals surface area (Å²) in [6.45, 7) is 32.2. The molecular weight excluding hydrogens is 1000 g/mol. The van der Waals surface area contributed by atoms with Crippen LogP contribution in [0.5, 0.6) is 0 Å². The lowest BCUT2D eigenvalue weighted by Gasteiger charge is -2.52. The maximum Gasteiger partial charge on any atom is 0.410 e. The number of alkyl carbamates (subject to hydrolysis) is 3. The Morgan fingerprint density at radius 3 is 1.84 bits per heavy atom. The molecular formula is C49H92N6O17SSi. The molecule has 0 radical (unpaired) electrons. The van der Waals surface area contributed by atoms with Gasteiger partial charge in [-0.1, -0.05) is 20.8 Å². The minimum absolute atomic E-state index is 0.00583. The fraction of sp³-hybridized carbons (Fsp3) is 0.878. The van der Waals surface area contributed by atoms with Crippen molar-refractivity contribution in [3.05, 3.63) is 11.8 Å². The highest BCUT2D eigenvalue weighted by Gasteiger charge is 2.57. The van der Waals surface area contributed by atoms with E-state index >= 15 is 0 Å². The number of nitrogens with one attached hydrogen (secondary N) is 5. The first kappa shape index (κ1) is 64.8. The Kier molecular flexibility index (Phi) is 21.7. The minimum atomic E-state index is -4.41. The van der Waals surface area contributed by atoms with Crippen molar-refractivity contribution in [3.8, 4) is 0 Å². The lowest BCUT2D eigenvalue weighted by Crippen LogP contribution is -2.71. The second-order valence-electron chi connectivity index (χ2n) is 25.2. The number of rotatable bonds is 17. The standard InChI is InChI=1S/C49H92N6O17SSi/c1-44(2,3)69-40(58)51-23-25-73(63,64)54-32-26-31(53-42(60)71-46(7,8)9)33(34(56)37(32)68-39-35(57)38(49(16,62)28-65-39)55(17)43(61)72-47(10,11)12)36-30(52-41(59)70-45(4,5)6)21-20-29(67-36)27-50-22-24-66-74(18,19)48(13,14)15/h20,30-39,50,54,56-57,62H,21-28H2,1-19H3,(H,51,58)(H,52,59)(H,53,60)/t30-,31+,32-,33?,34+,35-,36+,37+,38-,39-,49+/m1/s1. The van der Waals surface area contributed by atoms with E-state index in [9.17, 15) is 42.9 Å². The molecule has 11 atom stereocenters. The quantitative estimate of drug-likeness (QED) is 0.0571. The SMILES string of the molecule is CN(C(=O)OC(C)(C)C)[C@@H]1[C@@H](O)[C@@H](O[C@H]2[C@H](NS(=O)(=O)CCNC(=O)OC(C)(C)C)C[C@H](NC(=O)OC(C)(C)C)C([C@H]3OC(CNCCO[Si](C)(C)C(C)(C)C)=CC[C@H]3NC(=O)OC(C)(C)C)[C@@H]2O)OC[C@]1(C)O. The molecule has 23 nitrogen and oxygen atoms in total. The van der Waals surface area contributed by atoms with Gasteiger partial charge in [0.1, 0.15) is 52.1 Å². The molecule has 0 bridgehead atoms. The molecule has 1 saturated carbocycles. The number of carbonyl (C=O) groups is 4. The van der Waals surface area contributed by atoms with Crippen LogP contribution in [-0.4, -0.2) is 190 Å². The van der Waals surface area contributed by atoms with Crippen LogP contribution in [0.4, 0.5) is 19.2 Å². The molecule has 0 spiro atoms. The second kappa shape index (κ2) is 24.9. The average molecular weight is 1100 g/mol. The molecule has 0 aromatic rings. The largest absolute Gasteiger partial charge is 0.491 e. The zero-order valence-electron chi connectivity index (χ0n) is 47.4. The summed E-state index contributed by atoms with van der Waals surface area (Å²) in [4.78, 5) is 54.2. The number of nitrogens with zero attached hydrogens (tertiary/aromatic N) is 1. The first-order valence-corrected chi connectivity index (χ1v) is 29.9. The predicted octanol–water partition coefficient (Wildman–Crippen LogP) is 4.34. The van der Waals surface area contributed by atoms with Gasteiger partial charge in [-0.2, -0.15) is 0 Å². The number of amides is 4. The summed E-state index contributed by atoms with van der Waals surface area (Å²) in [5.74, 6) is -1.52. The van der Waals surface area contributed by atoms with Crippen LogP contribution in [0, 0.1) is 5.92 Å². The number of sulfonamides is 1. The van der Waals surface area contributed by atoms with Crippen LogP contribution in [0.3, 0.4) is 0 Å². The molecule has 25 heteroatoms. The van der Waals surface area contributed by atoms with Gasteiger partial charge in [-0.3, -0.25) is 0 Å². The summed E-state index contributed by atoms with van der Waals surface area (Å²) in [5.41, 5.74) is -5.62. The molecule has 74 heavy (non-hydrogen) atoms. The van der Waals surface area contributed by atoms with Gasteiger partial charge in [0.25, 0.3) is 0 Å². The molecule has 0 aromatic heterocycles. The van der Waals surface area contributed by atoms with Crippen molar-refractivity contribution < 1.29 is 80.5 Å². The van der Waals surface area contributed by atoms with E-state index in [-0.39, 0.29) is 24.4 Å². The van der Waals surface area contributed by atoms with Gasteiger partial charge >= 0.3 is 24.4 Å². The molecule has 8 N–H and O–H groups in total. The van der Waals surface area contributed by atoms with Gasteiger partial charge in [-0.05, 0) is 127 Å². The zero-order valence-corrected chi connectivity index (χ0v) is 49.2. The van der Waals surface area contributed by atoms with E-state index in [0.717, 1.165) is 4.90 Å². The Morgan fingerprint density at radius 2 is 1.31 bits per heavy atom. The van der Waals surface area contributed by atoms with Crippen LogP contribution in [0.2, 0.25) is 18.1 Å². The third-order valence-corrected chi connectivity index (χ3v) is 18.5. The molecule has 4 amide bonds. The summed E-state index contributed by atoms with van der Waals surface area (Å²) in [7, 11) is -5.15. The summed E-state index contributed by atoms with van der Waals surface area (Å²) >= 11 is 0. The van der Waals surface area contributed by atoms with Crippen molar-refractivity contribution in [2.75, 3.05) is 45.6 Å². The maximum absolute atomic E-state index is 14.0. The molecule has 0 aromatic carbocycles. The van der Waals surface area contributed by atoms with Gasteiger partial charge in [-0.25, -0.2) is 32.3 Å². The molecule has 2 fully saturated rings. The monoisotopic (exact) mass is 1100 g/mol. The lowest BCUT2D eigenvalue weighted by atomic mass is 9.72. The van der Waals surface area contributed by atoms with Crippen molar-refractivity contribution in [1.82, 2.24) is 30.9 Å². The summed E-state index contributed by atoms with van der Waals surface area (Å²) in [5, 5.41) is 48.0. The van der Waals surface area contributed by atoms with E-state index in [0.29, 0.717) is 18.9 Å². The lowest BCUT2D eigenvalue weighted by molar-refractivity contribution is -0.305. The molecule has 3 aliphatic rings. The average Bonchev–Trinajstić information content (AvgIpc) is 3.17. The summed E-state index contributed by atoms with van der Waals surface area (Å²) < 4.78 is 78.3. The smallest absolute Gasteiger partial charge is 0.410 e. The van der Waals surface area contributed by atoms with Crippen LogP contribution >= 0.6 is 0 Å². The highest BCUT2D eigenvalue weighted by molar-refractivity contribution is 7.89. The van der Waals surface area contributed by atoms with E-state index in [4.69, 9.17) is 37.6 Å². The maximum atomic E-state index is 14.0. The highest BCUT2D eigenvalue weighted by Crippen LogP contribution is 2.40. The number of ether oxygens (including phenoxy) is 7. The van der Waals surface area contributed by atoms with Gasteiger partial charge in [0.15, 0.2) is 14.6 Å². The van der Waals surface area contributed by atoms with Crippen LogP contribution in [0.15, 0.2) is 11.8 Å². The van der Waals surface area contributed by atoms with Gasteiger partial charge in [0, 0.05) is 38.7 Å². The third kappa shape index (κ3) is 20.4. The van der Waals surface area contributed by atoms with Crippen molar-refractivity contribution in [3.63, 3.8) is 0 Å². The summed E-state index contributed by atoms with van der Waals surface area (Å²) in [6, 6.07) is -5.01. The van der Waals surface area contributed by atoms with Crippen molar-refractivity contribution in [2.45, 2.75) is 225 Å². The Bertz CT molecular complexity index is 2040. The topological polar surface area (TPSA) is 300 Å². The molecule has 2 aliphatic heterocycles. The third-order valence-electron chi connectivity index (χ3n) is 12.6. The normalized spacial score (nSPS) is 28.4. The highest BCUT2D eigenvalue weighted by atomic mass is 32.2. The molecule has 2 heterocycles. The van der Waals surface area contributed by atoms with Gasteiger partial charge < -0.3 is 79.1 Å². The number of likely N-dealkylation sites (N-methyl/N-ethyl adjacent to an activating group) is 1. The number of carbonyl (C=O) groups excluding carboxylic acids is 4. The van der Waals surface area contributed by atoms with Crippen LogP contribution in [0.25, 0.3) is 0 Å². The van der Waals surface area contributed by atoms with Crippen LogP contribution < -0.4 is 26.0 Å². The Balaban J connectivity index is 2.18. The van der Waals surface area contributed by atoms with Gasteiger partial charge in [0.2, 0.25) is 10.0 Å². The zero-order chi connectivity index (χ0) is 56.8. The Hall–Kier alpha value is -3.53.